The number of ketones is 1. The van der Waals surface area contributed by atoms with E-state index in [0.29, 0.717) is 35.7 Å². The minimum absolute atomic E-state index is 0.0300. The van der Waals surface area contributed by atoms with E-state index in [1.165, 1.54) is 0 Å². The van der Waals surface area contributed by atoms with E-state index < -0.39 is 5.97 Å². The first-order valence-corrected chi connectivity index (χ1v) is 9.65. The summed E-state index contributed by atoms with van der Waals surface area (Å²) in [6.45, 7) is 12.1. The molecule has 2 aromatic rings. The highest BCUT2D eigenvalue weighted by molar-refractivity contribution is 6.03. The molecule has 0 spiro atoms. The van der Waals surface area contributed by atoms with Crippen LogP contribution in [0.3, 0.4) is 0 Å². The van der Waals surface area contributed by atoms with E-state index in [2.05, 4.69) is 19.9 Å². The molecule has 0 unspecified atom stereocenters. The number of carbonyl (C=O) groups excluding carboxylic acids is 2. The fraction of sp³-hybridized carbons (Fsp3) is 0.550. The Morgan fingerprint density at radius 1 is 1.18 bits per heavy atom. The smallest absolute Gasteiger partial charge is 0.355 e. The van der Waals surface area contributed by atoms with E-state index in [9.17, 15) is 9.59 Å². The molecule has 0 radical (unpaired) electrons. The summed E-state index contributed by atoms with van der Waals surface area (Å²) in [4.78, 5) is 32.4. The Kier molecular flexibility index (Phi) is 6.31. The zero-order valence-electron chi connectivity index (χ0n) is 17.0. The number of aromatic nitrogens is 2. The number of hydrogen-bond donors (Lipinski definition) is 1. The van der Waals surface area contributed by atoms with Crippen molar-refractivity contribution in [1.29, 1.82) is 0 Å². The zero-order chi connectivity index (χ0) is 20.3. The maximum absolute atomic E-state index is 12.9. The van der Waals surface area contributed by atoms with Gasteiger partial charge in [-0.2, -0.15) is 0 Å². The number of Topliss-reactive ketones (excluding diaryl/α,β-unsaturated/α-hetero) is 1. The number of H-pyrrole nitrogens is 1. The summed E-state index contributed by atoms with van der Waals surface area (Å²) in [6.07, 6.45) is 0. The molecule has 0 atom stereocenters. The predicted molar refractivity (Wildman–Crippen MR) is 104 cm³/mol. The molecule has 1 aliphatic heterocycles. The summed E-state index contributed by atoms with van der Waals surface area (Å²) >= 11 is 0. The predicted octanol–water partition coefficient (Wildman–Crippen LogP) is 2.11. The molecule has 152 valence electrons. The first-order valence-electron chi connectivity index (χ1n) is 9.65. The lowest BCUT2D eigenvalue weighted by molar-refractivity contribution is 0.0519. The number of rotatable bonds is 7. The van der Waals surface area contributed by atoms with Gasteiger partial charge in [0.15, 0.2) is 5.78 Å². The molecule has 0 saturated carbocycles. The van der Waals surface area contributed by atoms with Crippen molar-refractivity contribution >= 4 is 11.8 Å². The topological polar surface area (TPSA) is 91.7 Å². The van der Waals surface area contributed by atoms with Gasteiger partial charge in [0.25, 0.3) is 0 Å². The summed E-state index contributed by atoms with van der Waals surface area (Å²) in [5, 5.41) is 4.04. The quantitative estimate of drug-likeness (QED) is 0.574. The van der Waals surface area contributed by atoms with Gasteiger partial charge >= 0.3 is 5.97 Å². The Morgan fingerprint density at radius 3 is 2.46 bits per heavy atom. The Bertz CT molecular complexity index is 847. The van der Waals surface area contributed by atoms with Crippen molar-refractivity contribution in [3.63, 3.8) is 0 Å². The van der Waals surface area contributed by atoms with Crippen molar-refractivity contribution < 1.29 is 18.8 Å². The Balaban J connectivity index is 1.56. The third-order valence-electron chi connectivity index (χ3n) is 5.09. The molecule has 0 aromatic carbocycles. The van der Waals surface area contributed by atoms with Gasteiger partial charge in [0, 0.05) is 50.0 Å². The molecular weight excluding hydrogens is 360 g/mol. The van der Waals surface area contributed by atoms with E-state index in [4.69, 9.17) is 9.26 Å². The first kappa shape index (κ1) is 20.3. The van der Waals surface area contributed by atoms with Gasteiger partial charge in [-0.15, -0.1) is 0 Å². The molecule has 3 rings (SSSR count). The highest BCUT2D eigenvalue weighted by atomic mass is 16.5. The molecule has 2 aromatic heterocycles. The Morgan fingerprint density at radius 2 is 1.86 bits per heavy atom. The number of piperazine rings is 1. The van der Waals surface area contributed by atoms with Gasteiger partial charge in [-0.1, -0.05) is 5.16 Å². The van der Waals surface area contributed by atoms with Crippen molar-refractivity contribution in [2.45, 2.75) is 34.2 Å². The van der Waals surface area contributed by atoms with Crippen molar-refractivity contribution in [1.82, 2.24) is 19.9 Å². The second kappa shape index (κ2) is 8.70. The van der Waals surface area contributed by atoms with Crippen molar-refractivity contribution in [2.24, 2.45) is 0 Å². The normalized spacial score (nSPS) is 15.7. The number of hydrogen-bond acceptors (Lipinski definition) is 7. The molecule has 28 heavy (non-hydrogen) atoms. The van der Waals surface area contributed by atoms with Gasteiger partial charge in [-0.05, 0) is 33.3 Å². The largest absolute Gasteiger partial charge is 0.461 e. The van der Waals surface area contributed by atoms with Crippen LogP contribution in [0, 0.1) is 20.8 Å². The maximum Gasteiger partial charge on any atom is 0.355 e. The van der Waals surface area contributed by atoms with Crippen molar-refractivity contribution in [3.05, 3.63) is 40.0 Å². The van der Waals surface area contributed by atoms with E-state index in [1.807, 2.05) is 19.9 Å². The third kappa shape index (κ3) is 4.51. The average Bonchev–Trinajstić information content (AvgIpc) is 3.19. The van der Waals surface area contributed by atoms with E-state index in [1.54, 1.807) is 13.8 Å². The number of aromatic amines is 1. The van der Waals surface area contributed by atoms with Gasteiger partial charge in [0.2, 0.25) is 0 Å². The number of ether oxygens (including phenoxy) is 1. The van der Waals surface area contributed by atoms with Gasteiger partial charge in [0.05, 0.1) is 18.8 Å². The lowest BCUT2D eigenvalue weighted by Gasteiger charge is -2.33. The minimum Gasteiger partial charge on any atom is -0.461 e. The van der Waals surface area contributed by atoms with E-state index in [0.717, 1.165) is 44.2 Å². The molecule has 1 saturated heterocycles. The Labute approximate surface area is 164 Å². The van der Waals surface area contributed by atoms with E-state index >= 15 is 0 Å². The number of carbonyl (C=O) groups is 2. The van der Waals surface area contributed by atoms with Crippen LogP contribution in [-0.4, -0.2) is 71.0 Å². The molecule has 8 nitrogen and oxygen atoms in total. The fourth-order valence-corrected chi connectivity index (χ4v) is 3.68. The van der Waals surface area contributed by atoms with Crippen molar-refractivity contribution in [2.75, 3.05) is 39.3 Å². The van der Waals surface area contributed by atoms with Crippen molar-refractivity contribution in [3.8, 4) is 0 Å². The molecule has 0 amide bonds. The van der Waals surface area contributed by atoms with Crippen LogP contribution in [0.1, 0.15) is 50.5 Å². The molecular formula is C20H28N4O4. The van der Waals surface area contributed by atoms with Crippen LogP contribution >= 0.6 is 0 Å². The fourth-order valence-electron chi connectivity index (χ4n) is 3.68. The van der Waals surface area contributed by atoms with Crippen LogP contribution < -0.4 is 0 Å². The first-order chi connectivity index (χ1) is 13.4. The second-order valence-corrected chi connectivity index (χ2v) is 7.25. The zero-order valence-corrected chi connectivity index (χ0v) is 17.0. The summed E-state index contributed by atoms with van der Waals surface area (Å²) in [6, 6.07) is 1.95. The van der Waals surface area contributed by atoms with Crippen LogP contribution in [-0.2, 0) is 11.3 Å². The van der Waals surface area contributed by atoms with Gasteiger partial charge in [0.1, 0.15) is 11.5 Å². The average molecular weight is 388 g/mol. The number of nitrogens with zero attached hydrogens (tertiary/aromatic N) is 3. The standard InChI is InChI=1S/C20H28N4O4/c1-5-27-20(26)19-14(3)18(15(4)21-19)17(25)12-24-8-6-23(7-9-24)11-16-10-13(2)28-22-16/h10,21H,5-9,11-12H2,1-4H3. The molecule has 1 N–H and O–H groups in total. The molecule has 0 aliphatic carbocycles. The SMILES string of the molecule is CCOC(=O)c1[nH]c(C)c(C(=O)CN2CCN(Cc3cc(C)on3)CC2)c1C. The number of aryl methyl sites for hydroxylation is 2. The van der Waals surface area contributed by atoms with Crippen LogP contribution in [0.5, 0.6) is 0 Å². The molecule has 3 heterocycles. The second-order valence-electron chi connectivity index (χ2n) is 7.25. The molecule has 1 fully saturated rings. The summed E-state index contributed by atoms with van der Waals surface area (Å²) < 4.78 is 10.2. The highest BCUT2D eigenvalue weighted by Gasteiger charge is 2.25. The maximum atomic E-state index is 12.9. The highest BCUT2D eigenvalue weighted by Crippen LogP contribution is 2.20. The van der Waals surface area contributed by atoms with Crippen LogP contribution in [0.15, 0.2) is 10.6 Å². The minimum atomic E-state index is -0.418. The summed E-state index contributed by atoms with van der Waals surface area (Å²) in [7, 11) is 0. The lowest BCUT2D eigenvalue weighted by Crippen LogP contribution is -2.47. The third-order valence-corrected chi connectivity index (χ3v) is 5.09. The monoisotopic (exact) mass is 388 g/mol. The molecule has 0 bridgehead atoms. The van der Waals surface area contributed by atoms with Gasteiger partial charge < -0.3 is 14.2 Å². The number of nitrogens with one attached hydrogen (secondary N) is 1. The molecule has 8 heteroatoms. The van der Waals surface area contributed by atoms with Crippen LogP contribution in [0.2, 0.25) is 0 Å². The lowest BCUT2D eigenvalue weighted by atomic mass is 10.0. The Hall–Kier alpha value is -2.45. The van der Waals surface area contributed by atoms with Gasteiger partial charge in [-0.25, -0.2) is 4.79 Å². The van der Waals surface area contributed by atoms with Crippen LogP contribution in [0.4, 0.5) is 0 Å². The van der Waals surface area contributed by atoms with Crippen LogP contribution in [0.25, 0.3) is 0 Å². The number of esters is 1. The van der Waals surface area contributed by atoms with E-state index in [-0.39, 0.29) is 5.78 Å². The summed E-state index contributed by atoms with van der Waals surface area (Å²) in [5.74, 6) is 0.430. The molecule has 1 aliphatic rings. The van der Waals surface area contributed by atoms with Gasteiger partial charge in [-0.3, -0.25) is 14.6 Å². The summed E-state index contributed by atoms with van der Waals surface area (Å²) in [5.41, 5.74) is 3.29.